The second-order valence-electron chi connectivity index (χ2n) is 2.82. The lowest BCUT2D eigenvalue weighted by Gasteiger charge is -1.93. The van der Waals surface area contributed by atoms with Crippen molar-refractivity contribution in [2.24, 2.45) is 0 Å². The number of rotatable bonds is 6. The summed E-state index contributed by atoms with van der Waals surface area (Å²) in [6.07, 6.45) is 7.97. The fourth-order valence-electron chi connectivity index (χ4n) is 0.853. The van der Waals surface area contributed by atoms with E-state index >= 15 is 0 Å². The van der Waals surface area contributed by atoms with Gasteiger partial charge in [0.05, 0.1) is 0 Å². The quantitative estimate of drug-likeness (QED) is 0.464. The van der Waals surface area contributed by atoms with Crippen molar-refractivity contribution in [3.63, 3.8) is 0 Å². The van der Waals surface area contributed by atoms with Gasteiger partial charge in [-0.15, -0.1) is 0 Å². The van der Waals surface area contributed by atoms with Crippen molar-refractivity contribution < 1.29 is 9.59 Å². The van der Waals surface area contributed by atoms with Gasteiger partial charge in [0, 0.05) is 6.42 Å². The molecule has 0 N–H and O–H groups in total. The van der Waals surface area contributed by atoms with E-state index in [0.29, 0.717) is 5.57 Å². The van der Waals surface area contributed by atoms with E-state index in [4.69, 9.17) is 0 Å². The highest BCUT2D eigenvalue weighted by molar-refractivity contribution is 5.95. The van der Waals surface area contributed by atoms with Crippen molar-refractivity contribution in [1.82, 2.24) is 0 Å². The van der Waals surface area contributed by atoms with Gasteiger partial charge in [-0.1, -0.05) is 25.5 Å². The van der Waals surface area contributed by atoms with Crippen molar-refractivity contribution in [3.8, 4) is 0 Å². The molecular weight excluding hydrogens is 164 g/mol. The summed E-state index contributed by atoms with van der Waals surface area (Å²) in [5.74, 6) is -0.00588. The minimum absolute atomic E-state index is 0.00588. The van der Waals surface area contributed by atoms with E-state index in [1.54, 1.807) is 19.1 Å². The molecule has 0 bridgehead atoms. The van der Waals surface area contributed by atoms with Crippen molar-refractivity contribution >= 4 is 12.1 Å². The van der Waals surface area contributed by atoms with E-state index in [1.165, 1.54) is 0 Å². The second-order valence-corrected chi connectivity index (χ2v) is 2.82. The Labute approximate surface area is 79.3 Å². The summed E-state index contributed by atoms with van der Waals surface area (Å²) >= 11 is 0. The summed E-state index contributed by atoms with van der Waals surface area (Å²) in [7, 11) is 0. The molecule has 0 aliphatic rings. The summed E-state index contributed by atoms with van der Waals surface area (Å²) < 4.78 is 0. The standard InChI is InChI=1S/C11H16O2/c1-3-5-6-7-11(13)8-10(4-2)9-12/h4,6-7,9H,3,5,8H2,1-2H3/b7-6?,10-4-. The zero-order valence-corrected chi connectivity index (χ0v) is 8.25. The molecule has 0 aromatic rings. The van der Waals surface area contributed by atoms with Crippen LogP contribution in [0.4, 0.5) is 0 Å². The maximum Gasteiger partial charge on any atom is 0.159 e. The zero-order valence-electron chi connectivity index (χ0n) is 8.25. The Morgan fingerprint density at radius 2 is 2.08 bits per heavy atom. The lowest BCUT2D eigenvalue weighted by Crippen LogP contribution is -1.96. The van der Waals surface area contributed by atoms with E-state index in [1.807, 2.05) is 6.08 Å². The van der Waals surface area contributed by atoms with Gasteiger partial charge in [0.25, 0.3) is 0 Å². The topological polar surface area (TPSA) is 34.1 Å². The van der Waals surface area contributed by atoms with Crippen LogP contribution in [-0.2, 0) is 9.59 Å². The third-order valence-electron chi connectivity index (χ3n) is 1.66. The Balaban J connectivity index is 3.93. The molecule has 0 radical (unpaired) electrons. The summed E-state index contributed by atoms with van der Waals surface area (Å²) in [5, 5.41) is 0. The van der Waals surface area contributed by atoms with Crippen molar-refractivity contribution in [1.29, 1.82) is 0 Å². The van der Waals surface area contributed by atoms with Crippen molar-refractivity contribution in [2.45, 2.75) is 33.1 Å². The fraction of sp³-hybridized carbons (Fsp3) is 0.455. The van der Waals surface area contributed by atoms with Crippen molar-refractivity contribution in [2.75, 3.05) is 0 Å². The van der Waals surface area contributed by atoms with Gasteiger partial charge in [0.15, 0.2) is 5.78 Å². The van der Waals surface area contributed by atoms with Crippen LogP contribution in [0.2, 0.25) is 0 Å². The summed E-state index contributed by atoms with van der Waals surface area (Å²) in [6, 6.07) is 0. The van der Waals surface area contributed by atoms with Gasteiger partial charge >= 0.3 is 0 Å². The average Bonchev–Trinajstić information content (AvgIpc) is 2.14. The van der Waals surface area contributed by atoms with Gasteiger partial charge < -0.3 is 0 Å². The van der Waals surface area contributed by atoms with E-state index in [0.717, 1.165) is 19.1 Å². The molecule has 0 fully saturated rings. The van der Waals surface area contributed by atoms with Crippen LogP contribution in [0, 0.1) is 0 Å². The highest BCUT2D eigenvalue weighted by atomic mass is 16.1. The molecule has 0 atom stereocenters. The molecule has 0 rings (SSSR count). The highest BCUT2D eigenvalue weighted by Gasteiger charge is 1.99. The maximum absolute atomic E-state index is 11.2. The van der Waals surface area contributed by atoms with Crippen LogP contribution in [0.5, 0.6) is 0 Å². The molecule has 2 nitrogen and oxygen atoms in total. The normalized spacial score (nSPS) is 12.0. The Morgan fingerprint density at radius 3 is 2.54 bits per heavy atom. The van der Waals surface area contributed by atoms with Gasteiger partial charge in [0.2, 0.25) is 0 Å². The summed E-state index contributed by atoms with van der Waals surface area (Å²) in [4.78, 5) is 21.5. The van der Waals surface area contributed by atoms with Crippen LogP contribution in [0.25, 0.3) is 0 Å². The number of hydrogen-bond acceptors (Lipinski definition) is 2. The molecule has 0 amide bonds. The third kappa shape index (κ3) is 6.02. The summed E-state index contributed by atoms with van der Waals surface area (Å²) in [6.45, 7) is 3.81. The molecule has 72 valence electrons. The minimum atomic E-state index is -0.00588. The summed E-state index contributed by atoms with van der Waals surface area (Å²) in [5.41, 5.74) is 0.547. The first kappa shape index (κ1) is 11.8. The number of hydrogen-bond donors (Lipinski definition) is 0. The first-order chi connectivity index (χ1) is 6.24. The Morgan fingerprint density at radius 1 is 1.38 bits per heavy atom. The number of carbonyl (C=O) groups excluding carboxylic acids is 2. The fourth-order valence-corrected chi connectivity index (χ4v) is 0.853. The van der Waals surface area contributed by atoms with Gasteiger partial charge in [-0.2, -0.15) is 0 Å². The first-order valence-corrected chi connectivity index (χ1v) is 4.54. The number of aldehydes is 1. The largest absolute Gasteiger partial charge is 0.298 e. The van der Waals surface area contributed by atoms with Crippen LogP contribution in [0.1, 0.15) is 33.1 Å². The number of allylic oxidation sites excluding steroid dienone is 4. The predicted octanol–water partition coefficient (Wildman–Crippen LogP) is 2.45. The number of unbranched alkanes of at least 4 members (excludes halogenated alkanes) is 1. The molecule has 0 unspecified atom stereocenters. The Hall–Kier alpha value is -1.18. The van der Waals surface area contributed by atoms with Crippen LogP contribution >= 0.6 is 0 Å². The monoisotopic (exact) mass is 180 g/mol. The van der Waals surface area contributed by atoms with Crippen LogP contribution in [0.15, 0.2) is 23.8 Å². The lowest BCUT2D eigenvalue weighted by atomic mass is 10.1. The number of carbonyl (C=O) groups is 2. The highest BCUT2D eigenvalue weighted by Crippen LogP contribution is 2.00. The second kappa shape index (κ2) is 7.47. The van der Waals surface area contributed by atoms with Crippen LogP contribution in [0.3, 0.4) is 0 Å². The zero-order chi connectivity index (χ0) is 10.1. The van der Waals surface area contributed by atoms with Gasteiger partial charge in [-0.3, -0.25) is 9.59 Å². The molecule has 0 saturated heterocycles. The predicted molar refractivity (Wildman–Crippen MR) is 53.5 cm³/mol. The van der Waals surface area contributed by atoms with E-state index in [-0.39, 0.29) is 12.2 Å². The van der Waals surface area contributed by atoms with Gasteiger partial charge in [0.1, 0.15) is 6.29 Å². The molecule has 2 heteroatoms. The lowest BCUT2D eigenvalue weighted by molar-refractivity contribution is -0.115. The smallest absolute Gasteiger partial charge is 0.159 e. The van der Waals surface area contributed by atoms with Gasteiger partial charge in [-0.25, -0.2) is 0 Å². The SMILES string of the molecule is C/C=C(\C=O)CC(=O)C=CCCC. The maximum atomic E-state index is 11.2. The average molecular weight is 180 g/mol. The number of ketones is 1. The first-order valence-electron chi connectivity index (χ1n) is 4.54. The molecule has 0 aliphatic heterocycles. The Kier molecular flexibility index (Phi) is 6.79. The molecule has 0 spiro atoms. The molecule has 0 aliphatic carbocycles. The molecular formula is C11H16O2. The molecule has 0 heterocycles. The van der Waals surface area contributed by atoms with Crippen LogP contribution < -0.4 is 0 Å². The molecule has 0 aromatic heterocycles. The van der Waals surface area contributed by atoms with E-state index < -0.39 is 0 Å². The van der Waals surface area contributed by atoms with Crippen molar-refractivity contribution in [3.05, 3.63) is 23.8 Å². The van der Waals surface area contributed by atoms with Crippen LogP contribution in [-0.4, -0.2) is 12.1 Å². The molecule has 13 heavy (non-hydrogen) atoms. The van der Waals surface area contributed by atoms with E-state index in [9.17, 15) is 9.59 Å². The molecule has 0 saturated carbocycles. The third-order valence-corrected chi connectivity index (χ3v) is 1.66. The van der Waals surface area contributed by atoms with Gasteiger partial charge in [-0.05, 0) is 25.0 Å². The molecule has 0 aromatic carbocycles. The Bertz CT molecular complexity index is 224. The minimum Gasteiger partial charge on any atom is -0.298 e. The van der Waals surface area contributed by atoms with E-state index in [2.05, 4.69) is 6.92 Å².